The van der Waals surface area contributed by atoms with Crippen molar-refractivity contribution in [2.75, 3.05) is 0 Å². The van der Waals surface area contributed by atoms with E-state index in [0.29, 0.717) is 18.5 Å². The Morgan fingerprint density at radius 3 is 2.55 bits per heavy atom. The fourth-order valence-electron chi connectivity index (χ4n) is 2.13. The number of amides is 1. The summed E-state index contributed by atoms with van der Waals surface area (Å²) in [4.78, 5) is 16.0. The fraction of sp³-hybridized carbons (Fsp3) is 0.412. The molecule has 1 heterocycles. The molecule has 2 rings (SSSR count). The minimum Gasteiger partial charge on any atom is -0.388 e. The number of aromatic nitrogens is 2. The van der Waals surface area contributed by atoms with E-state index in [2.05, 4.69) is 10.3 Å². The number of hydrogen-bond donors (Lipinski definition) is 2. The number of nitrogens with zero attached hydrogens (tertiary/aromatic N) is 2. The molecule has 5 nitrogen and oxygen atoms in total. The first-order valence-electron chi connectivity index (χ1n) is 7.41. The Labute approximate surface area is 131 Å². The van der Waals surface area contributed by atoms with Gasteiger partial charge >= 0.3 is 0 Å². The lowest BCUT2D eigenvalue weighted by Crippen LogP contribution is -2.40. The van der Waals surface area contributed by atoms with Gasteiger partial charge in [-0.05, 0) is 44.9 Å². The van der Waals surface area contributed by atoms with Crippen LogP contribution in [0.5, 0.6) is 0 Å². The first-order chi connectivity index (χ1) is 10.3. The number of hydrogen-bond acceptors (Lipinski definition) is 3. The Morgan fingerprint density at radius 1 is 1.32 bits per heavy atom. The summed E-state index contributed by atoms with van der Waals surface area (Å²) < 4.78 is 1.92. The first kappa shape index (κ1) is 16.2. The van der Waals surface area contributed by atoms with Crippen molar-refractivity contribution in [3.63, 3.8) is 0 Å². The molecule has 5 heteroatoms. The summed E-state index contributed by atoms with van der Waals surface area (Å²) in [5.41, 5.74) is 1.15. The summed E-state index contributed by atoms with van der Waals surface area (Å²) in [5.74, 6) is -0.105. The Morgan fingerprint density at radius 2 is 2.00 bits per heavy atom. The predicted molar refractivity (Wildman–Crippen MR) is 85.5 cm³/mol. The SMILES string of the molecule is CC(C)(C)NC(=O)c1ccc(C(O)CCn2ccnc2)cc1. The van der Waals surface area contributed by atoms with Gasteiger partial charge in [0.05, 0.1) is 12.4 Å². The van der Waals surface area contributed by atoms with Crippen molar-refractivity contribution < 1.29 is 9.90 Å². The fourth-order valence-corrected chi connectivity index (χ4v) is 2.13. The minimum absolute atomic E-state index is 0.105. The van der Waals surface area contributed by atoms with Gasteiger partial charge in [-0.3, -0.25) is 4.79 Å². The molecule has 118 valence electrons. The summed E-state index contributed by atoms with van der Waals surface area (Å²) >= 11 is 0. The van der Waals surface area contributed by atoms with E-state index in [1.54, 1.807) is 36.8 Å². The van der Waals surface area contributed by atoms with Gasteiger partial charge in [0.2, 0.25) is 0 Å². The second kappa shape index (κ2) is 6.75. The van der Waals surface area contributed by atoms with E-state index in [4.69, 9.17) is 0 Å². The van der Waals surface area contributed by atoms with Gasteiger partial charge in [0.1, 0.15) is 0 Å². The van der Waals surface area contributed by atoms with Crippen LogP contribution in [0.25, 0.3) is 0 Å². The standard InChI is InChI=1S/C17H23N3O2/c1-17(2,3)19-16(22)14-6-4-13(5-7-14)15(21)8-10-20-11-9-18-12-20/h4-7,9,11-12,15,21H,8,10H2,1-3H3,(H,19,22). The second-order valence-corrected chi connectivity index (χ2v) is 6.43. The van der Waals surface area contributed by atoms with Crippen LogP contribution in [-0.2, 0) is 6.54 Å². The molecule has 2 aromatic rings. The average Bonchev–Trinajstić information content (AvgIpc) is 2.96. The van der Waals surface area contributed by atoms with E-state index < -0.39 is 6.10 Å². The molecule has 0 radical (unpaired) electrons. The largest absolute Gasteiger partial charge is 0.388 e. The zero-order valence-electron chi connectivity index (χ0n) is 13.3. The van der Waals surface area contributed by atoms with Crippen LogP contribution >= 0.6 is 0 Å². The molecule has 0 aliphatic heterocycles. The molecular formula is C17H23N3O2. The van der Waals surface area contributed by atoms with Gasteiger partial charge in [-0.2, -0.15) is 0 Å². The normalized spacial score (nSPS) is 12.9. The van der Waals surface area contributed by atoms with Crippen LogP contribution < -0.4 is 5.32 Å². The molecule has 1 aromatic heterocycles. The van der Waals surface area contributed by atoms with E-state index >= 15 is 0 Å². The van der Waals surface area contributed by atoms with E-state index in [9.17, 15) is 9.90 Å². The molecule has 0 saturated carbocycles. The van der Waals surface area contributed by atoms with Crippen LogP contribution in [0.15, 0.2) is 43.0 Å². The van der Waals surface area contributed by atoms with E-state index in [0.717, 1.165) is 5.56 Å². The third-order valence-electron chi connectivity index (χ3n) is 3.27. The molecule has 0 bridgehead atoms. The average molecular weight is 301 g/mol. The topological polar surface area (TPSA) is 67.2 Å². The number of rotatable bonds is 5. The molecule has 0 aliphatic rings. The molecule has 0 aliphatic carbocycles. The highest BCUT2D eigenvalue weighted by atomic mass is 16.3. The summed E-state index contributed by atoms with van der Waals surface area (Å²) in [6, 6.07) is 7.10. The number of aliphatic hydroxyl groups excluding tert-OH is 1. The third-order valence-corrected chi connectivity index (χ3v) is 3.27. The van der Waals surface area contributed by atoms with Crippen molar-refractivity contribution in [1.82, 2.24) is 14.9 Å². The monoisotopic (exact) mass is 301 g/mol. The van der Waals surface area contributed by atoms with Crippen molar-refractivity contribution in [1.29, 1.82) is 0 Å². The maximum Gasteiger partial charge on any atom is 0.251 e. The molecule has 22 heavy (non-hydrogen) atoms. The van der Waals surface area contributed by atoms with Crippen LogP contribution in [0.1, 0.15) is 49.2 Å². The molecule has 0 fully saturated rings. The van der Waals surface area contributed by atoms with Crippen molar-refractivity contribution in [2.24, 2.45) is 0 Å². The number of carbonyl (C=O) groups excluding carboxylic acids is 1. The lowest BCUT2D eigenvalue weighted by molar-refractivity contribution is 0.0919. The summed E-state index contributed by atoms with van der Waals surface area (Å²) in [7, 11) is 0. The zero-order chi connectivity index (χ0) is 16.2. The van der Waals surface area contributed by atoms with Gasteiger partial charge in [0.15, 0.2) is 0 Å². The van der Waals surface area contributed by atoms with E-state index in [1.165, 1.54) is 0 Å². The highest BCUT2D eigenvalue weighted by molar-refractivity contribution is 5.94. The molecule has 1 amide bonds. The van der Waals surface area contributed by atoms with Gasteiger partial charge < -0.3 is 15.0 Å². The third kappa shape index (κ3) is 4.70. The number of aliphatic hydroxyl groups is 1. The summed E-state index contributed by atoms with van der Waals surface area (Å²) in [6.45, 7) is 6.53. The highest BCUT2D eigenvalue weighted by Crippen LogP contribution is 2.18. The summed E-state index contributed by atoms with van der Waals surface area (Å²) in [6.07, 6.45) is 5.36. The number of nitrogens with one attached hydrogen (secondary N) is 1. The molecular weight excluding hydrogens is 278 g/mol. The molecule has 1 unspecified atom stereocenters. The lowest BCUT2D eigenvalue weighted by atomic mass is 10.0. The lowest BCUT2D eigenvalue weighted by Gasteiger charge is -2.20. The number of benzene rings is 1. The molecule has 2 N–H and O–H groups in total. The van der Waals surface area contributed by atoms with Crippen LogP contribution in [0, 0.1) is 0 Å². The summed E-state index contributed by atoms with van der Waals surface area (Å²) in [5, 5.41) is 13.1. The zero-order valence-corrected chi connectivity index (χ0v) is 13.3. The van der Waals surface area contributed by atoms with Gasteiger partial charge in [0.25, 0.3) is 5.91 Å². The smallest absolute Gasteiger partial charge is 0.251 e. The van der Waals surface area contributed by atoms with Crippen molar-refractivity contribution in [3.8, 4) is 0 Å². The number of aryl methyl sites for hydroxylation is 1. The van der Waals surface area contributed by atoms with Gasteiger partial charge in [-0.1, -0.05) is 12.1 Å². The Bertz CT molecular complexity index is 598. The number of imidazole rings is 1. The quantitative estimate of drug-likeness (QED) is 0.892. The predicted octanol–water partition coefficient (Wildman–Crippen LogP) is 2.54. The Balaban J connectivity index is 1.94. The van der Waals surface area contributed by atoms with E-state index in [1.807, 2.05) is 31.5 Å². The van der Waals surface area contributed by atoms with Crippen LogP contribution in [-0.4, -0.2) is 26.1 Å². The van der Waals surface area contributed by atoms with Crippen LogP contribution in [0.3, 0.4) is 0 Å². The van der Waals surface area contributed by atoms with Gasteiger partial charge in [0, 0.05) is 30.0 Å². The Kier molecular flexibility index (Phi) is 4.98. The van der Waals surface area contributed by atoms with Gasteiger partial charge in [-0.15, -0.1) is 0 Å². The molecule has 1 aromatic carbocycles. The van der Waals surface area contributed by atoms with E-state index in [-0.39, 0.29) is 11.4 Å². The van der Waals surface area contributed by atoms with Crippen LogP contribution in [0.4, 0.5) is 0 Å². The maximum absolute atomic E-state index is 12.0. The minimum atomic E-state index is -0.554. The van der Waals surface area contributed by atoms with Crippen molar-refractivity contribution in [2.45, 2.75) is 45.4 Å². The number of carbonyl (C=O) groups is 1. The second-order valence-electron chi connectivity index (χ2n) is 6.43. The molecule has 1 atom stereocenters. The van der Waals surface area contributed by atoms with Crippen molar-refractivity contribution in [3.05, 3.63) is 54.1 Å². The van der Waals surface area contributed by atoms with Crippen LogP contribution in [0.2, 0.25) is 0 Å². The maximum atomic E-state index is 12.0. The molecule has 0 saturated heterocycles. The Hall–Kier alpha value is -2.14. The van der Waals surface area contributed by atoms with Gasteiger partial charge in [-0.25, -0.2) is 4.98 Å². The molecule has 0 spiro atoms. The van der Waals surface area contributed by atoms with Crippen molar-refractivity contribution >= 4 is 5.91 Å². The highest BCUT2D eigenvalue weighted by Gasteiger charge is 2.15. The first-order valence-corrected chi connectivity index (χ1v) is 7.41.